The fraction of sp³-hybridized carbons (Fsp3) is 0.200. The molecule has 3 aromatic carbocycles. The maximum absolute atomic E-state index is 13.4. The van der Waals surface area contributed by atoms with Crippen molar-refractivity contribution >= 4 is 28.3 Å². The third-order valence-electron chi connectivity index (χ3n) is 5.48. The number of rotatable bonds is 10. The van der Waals surface area contributed by atoms with Gasteiger partial charge >= 0.3 is 0 Å². The van der Waals surface area contributed by atoms with Gasteiger partial charge in [-0.3, -0.25) is 19.8 Å². The monoisotopic (exact) mass is 480 g/mol. The molecular formula is C25H28N4O4S. The molecule has 0 aliphatic carbocycles. The molecule has 3 aromatic rings. The Kier molecular flexibility index (Phi) is 8.39. The molecule has 3 rings (SSSR count). The van der Waals surface area contributed by atoms with Gasteiger partial charge in [-0.2, -0.15) is 0 Å². The molecule has 1 amide bonds. The van der Waals surface area contributed by atoms with E-state index in [9.17, 15) is 13.2 Å². The Morgan fingerprint density at radius 3 is 2.44 bits per heavy atom. The molecule has 9 heteroatoms. The maximum Gasteiger partial charge on any atom is 0.253 e. The van der Waals surface area contributed by atoms with Gasteiger partial charge in [0.05, 0.1) is 25.3 Å². The van der Waals surface area contributed by atoms with Crippen molar-refractivity contribution in [2.24, 2.45) is 5.73 Å². The van der Waals surface area contributed by atoms with Crippen molar-refractivity contribution in [1.82, 2.24) is 5.06 Å². The molecule has 178 valence electrons. The lowest BCUT2D eigenvalue weighted by molar-refractivity contribution is -0.181. The first-order valence-electron chi connectivity index (χ1n) is 10.7. The number of nitrogens with zero attached hydrogens (tertiary/aromatic N) is 1. The molecular weight excluding hydrogens is 452 g/mol. The van der Waals surface area contributed by atoms with Gasteiger partial charge in [0.1, 0.15) is 5.84 Å². The van der Waals surface area contributed by atoms with Crippen molar-refractivity contribution in [3.05, 3.63) is 89.5 Å². The second-order valence-electron chi connectivity index (χ2n) is 7.67. The van der Waals surface area contributed by atoms with Gasteiger partial charge in [-0.15, -0.1) is 0 Å². The standard InChI is InChI=1S/C25H28N4O4S/c1-3-21(25(30)29(33-2)16-17-8-7-11-20(14-17)24(26)27)19-12-13-22(18-9-5-4-6-10-18)23(15-19)28-34(31)32/h4-15,21,34H,3,16H2,1-2H3,(H3,26,27)(H,28,31,32). The molecule has 8 nitrogen and oxygen atoms in total. The average molecular weight is 481 g/mol. The van der Waals surface area contributed by atoms with Crippen LogP contribution in [0.5, 0.6) is 0 Å². The van der Waals surface area contributed by atoms with Gasteiger partial charge in [0.2, 0.25) is 10.9 Å². The van der Waals surface area contributed by atoms with E-state index in [1.807, 2.05) is 55.5 Å². The average Bonchev–Trinajstić information content (AvgIpc) is 2.83. The topological polar surface area (TPSA) is 126 Å². The van der Waals surface area contributed by atoms with Crippen molar-refractivity contribution in [2.75, 3.05) is 11.8 Å². The molecule has 0 spiro atoms. The Balaban J connectivity index is 1.92. The normalized spacial score (nSPS) is 11.7. The zero-order valence-corrected chi connectivity index (χ0v) is 19.9. The summed E-state index contributed by atoms with van der Waals surface area (Å²) in [6.45, 7) is 2.06. The van der Waals surface area contributed by atoms with Gasteiger partial charge in [0, 0.05) is 11.1 Å². The van der Waals surface area contributed by atoms with Crippen molar-refractivity contribution in [1.29, 1.82) is 5.41 Å². The highest BCUT2D eigenvalue weighted by molar-refractivity contribution is 7.73. The number of nitrogens with one attached hydrogen (secondary N) is 2. The minimum absolute atomic E-state index is 0.0566. The third kappa shape index (κ3) is 6.00. The van der Waals surface area contributed by atoms with Gasteiger partial charge in [-0.05, 0) is 35.2 Å². The lowest BCUT2D eigenvalue weighted by atomic mass is 9.92. The number of hydrogen-bond acceptors (Lipinski definition) is 5. The number of hydrogen-bond donors (Lipinski definition) is 4. The Bertz CT molecular complexity index is 1240. The van der Waals surface area contributed by atoms with Gasteiger partial charge < -0.3 is 5.73 Å². The number of nitrogen functional groups attached to an aromatic ring is 1. The number of hydroxylamine groups is 2. The quantitative estimate of drug-likeness (QED) is 0.153. The first-order valence-corrected chi connectivity index (χ1v) is 11.9. The van der Waals surface area contributed by atoms with Gasteiger partial charge in [0.15, 0.2) is 0 Å². The second-order valence-corrected chi connectivity index (χ2v) is 8.41. The summed E-state index contributed by atoms with van der Waals surface area (Å²) in [7, 11) is -1.47. The number of amides is 1. The Morgan fingerprint density at radius 2 is 1.82 bits per heavy atom. The number of carbonyl (C=O) groups excluding carboxylic acids is 1. The van der Waals surface area contributed by atoms with E-state index < -0.39 is 16.8 Å². The molecule has 0 aromatic heterocycles. The summed E-state index contributed by atoms with van der Waals surface area (Å²) < 4.78 is 25.4. The van der Waals surface area contributed by atoms with E-state index >= 15 is 0 Å². The molecule has 0 saturated carbocycles. The summed E-state index contributed by atoms with van der Waals surface area (Å²) in [5.41, 5.74) is 9.56. The third-order valence-corrected chi connectivity index (χ3v) is 5.90. The summed E-state index contributed by atoms with van der Waals surface area (Å²) in [4.78, 5) is 18.8. The highest BCUT2D eigenvalue weighted by Crippen LogP contribution is 2.33. The molecule has 1 atom stereocenters. The van der Waals surface area contributed by atoms with E-state index in [2.05, 4.69) is 4.72 Å². The van der Waals surface area contributed by atoms with Crippen LogP contribution in [0.4, 0.5) is 5.69 Å². The Morgan fingerprint density at radius 1 is 1.09 bits per heavy atom. The van der Waals surface area contributed by atoms with Crippen LogP contribution in [-0.2, 0) is 27.1 Å². The molecule has 4 N–H and O–H groups in total. The number of carbonyl (C=O) groups is 1. The van der Waals surface area contributed by atoms with Crippen LogP contribution in [0.2, 0.25) is 0 Å². The van der Waals surface area contributed by atoms with Crippen LogP contribution >= 0.6 is 0 Å². The predicted molar refractivity (Wildman–Crippen MR) is 134 cm³/mol. The molecule has 0 fully saturated rings. The molecule has 0 bridgehead atoms. The van der Waals surface area contributed by atoms with E-state index in [1.165, 1.54) is 12.2 Å². The number of anilines is 1. The Labute approximate surface area is 200 Å². The predicted octanol–water partition coefficient (Wildman–Crippen LogP) is 3.66. The van der Waals surface area contributed by atoms with E-state index in [1.54, 1.807) is 24.3 Å². The number of benzene rings is 3. The van der Waals surface area contributed by atoms with E-state index in [4.69, 9.17) is 16.0 Å². The largest absolute Gasteiger partial charge is 0.384 e. The maximum atomic E-state index is 13.4. The fourth-order valence-electron chi connectivity index (χ4n) is 3.80. The first kappa shape index (κ1) is 24.9. The molecule has 0 aliphatic heterocycles. The van der Waals surface area contributed by atoms with E-state index in [0.29, 0.717) is 23.2 Å². The lowest BCUT2D eigenvalue weighted by Crippen LogP contribution is -2.34. The van der Waals surface area contributed by atoms with Crippen molar-refractivity contribution in [3.8, 4) is 11.1 Å². The number of thiol groups is 1. The summed E-state index contributed by atoms with van der Waals surface area (Å²) in [6, 6.07) is 21.8. The second kappa shape index (κ2) is 11.4. The molecule has 0 aliphatic rings. The molecule has 1 unspecified atom stereocenters. The molecule has 0 heterocycles. The highest BCUT2D eigenvalue weighted by atomic mass is 32.2. The zero-order chi connectivity index (χ0) is 24.7. The number of amidine groups is 1. The van der Waals surface area contributed by atoms with Crippen LogP contribution in [0.3, 0.4) is 0 Å². The van der Waals surface area contributed by atoms with E-state index in [-0.39, 0.29) is 18.3 Å². The fourth-order valence-corrected chi connectivity index (χ4v) is 4.18. The van der Waals surface area contributed by atoms with Gasteiger partial charge in [0.25, 0.3) is 5.91 Å². The smallest absolute Gasteiger partial charge is 0.253 e. The number of nitrogens with two attached hydrogens (primary N) is 1. The molecule has 34 heavy (non-hydrogen) atoms. The zero-order valence-electron chi connectivity index (χ0n) is 19.0. The van der Waals surface area contributed by atoms with Crippen LogP contribution in [0.15, 0.2) is 72.8 Å². The van der Waals surface area contributed by atoms with Crippen LogP contribution in [0, 0.1) is 5.41 Å². The summed E-state index contributed by atoms with van der Waals surface area (Å²) in [6.07, 6.45) is 0.486. The molecule has 0 radical (unpaired) electrons. The van der Waals surface area contributed by atoms with Crippen molar-refractivity contribution in [3.63, 3.8) is 0 Å². The van der Waals surface area contributed by atoms with Crippen molar-refractivity contribution < 1.29 is 18.0 Å². The lowest BCUT2D eigenvalue weighted by Gasteiger charge is -2.25. The van der Waals surface area contributed by atoms with Crippen LogP contribution in [0.1, 0.15) is 36.0 Å². The van der Waals surface area contributed by atoms with Crippen molar-refractivity contribution in [2.45, 2.75) is 25.8 Å². The highest BCUT2D eigenvalue weighted by Gasteiger charge is 2.26. The molecule has 0 saturated heterocycles. The van der Waals surface area contributed by atoms with Gasteiger partial charge in [-0.1, -0.05) is 67.6 Å². The van der Waals surface area contributed by atoms with Gasteiger partial charge in [-0.25, -0.2) is 13.5 Å². The van der Waals surface area contributed by atoms with Crippen LogP contribution < -0.4 is 10.5 Å². The Hall–Kier alpha value is -3.69. The van der Waals surface area contributed by atoms with Crippen LogP contribution in [0.25, 0.3) is 11.1 Å². The SMILES string of the molecule is CCC(C(=O)N(Cc1cccc(C(=N)N)c1)OC)c1ccc(-c2ccccc2)c(N[SH](=O)=O)c1. The minimum Gasteiger partial charge on any atom is -0.384 e. The summed E-state index contributed by atoms with van der Waals surface area (Å²) >= 11 is 0. The first-order chi connectivity index (χ1) is 16.3. The minimum atomic E-state index is -2.89. The summed E-state index contributed by atoms with van der Waals surface area (Å²) in [5, 5.41) is 8.88. The van der Waals surface area contributed by atoms with E-state index in [0.717, 1.165) is 16.7 Å². The summed E-state index contributed by atoms with van der Waals surface area (Å²) in [5.74, 6) is -0.868. The van der Waals surface area contributed by atoms with Crippen LogP contribution in [-0.4, -0.2) is 32.3 Å².